The van der Waals surface area contributed by atoms with Gasteiger partial charge in [-0.15, -0.1) is 0 Å². The molecule has 8 nitrogen and oxygen atoms in total. The highest BCUT2D eigenvalue weighted by Crippen LogP contribution is 2.44. The predicted molar refractivity (Wildman–Crippen MR) is 133 cm³/mol. The van der Waals surface area contributed by atoms with Crippen molar-refractivity contribution in [3.63, 3.8) is 0 Å². The lowest BCUT2D eigenvalue weighted by Crippen LogP contribution is -2.65. The quantitative estimate of drug-likeness (QED) is 0.668. The molecule has 2 aromatic carbocycles. The molecule has 0 spiro atoms. The van der Waals surface area contributed by atoms with Crippen LogP contribution < -0.4 is 4.90 Å². The second-order valence-corrected chi connectivity index (χ2v) is 10.4. The summed E-state index contributed by atoms with van der Waals surface area (Å²) >= 11 is 0. The molecule has 186 valence electrons. The van der Waals surface area contributed by atoms with Crippen LogP contribution in [0.2, 0.25) is 0 Å². The Morgan fingerprint density at radius 3 is 2.44 bits per heavy atom. The van der Waals surface area contributed by atoms with Gasteiger partial charge in [0.05, 0.1) is 11.3 Å². The number of carbonyl (C=O) groups excluding carboxylic acids is 4. The minimum Gasteiger partial charge on any atom is -0.341 e. The first-order valence-corrected chi connectivity index (χ1v) is 12.8. The fraction of sp³-hybridized carbons (Fsp3) is 0.429. The summed E-state index contributed by atoms with van der Waals surface area (Å²) < 4.78 is 0. The Morgan fingerprint density at radius 1 is 0.972 bits per heavy atom. The molecule has 4 heterocycles. The lowest BCUT2D eigenvalue weighted by Gasteiger charge is -2.49. The van der Waals surface area contributed by atoms with Crippen molar-refractivity contribution < 1.29 is 19.2 Å². The zero-order chi connectivity index (χ0) is 25.0. The third-order valence-corrected chi connectivity index (χ3v) is 8.31. The van der Waals surface area contributed by atoms with Crippen molar-refractivity contribution in [2.45, 2.75) is 57.3 Å². The zero-order valence-electron chi connectivity index (χ0n) is 20.5. The number of rotatable bonds is 3. The minimum atomic E-state index is -0.916. The molecular weight excluding hydrogens is 456 g/mol. The normalized spacial score (nSPS) is 25.1. The van der Waals surface area contributed by atoms with E-state index in [0.29, 0.717) is 37.1 Å². The molecule has 4 aliphatic rings. The molecule has 2 fully saturated rings. The number of para-hydroxylation sites is 1. The van der Waals surface area contributed by atoms with Crippen LogP contribution in [-0.2, 0) is 27.3 Å². The predicted octanol–water partition coefficient (Wildman–Crippen LogP) is 2.56. The largest absolute Gasteiger partial charge is 0.341 e. The van der Waals surface area contributed by atoms with Gasteiger partial charge in [0, 0.05) is 32.5 Å². The van der Waals surface area contributed by atoms with Crippen molar-refractivity contribution in [1.82, 2.24) is 14.7 Å². The lowest BCUT2D eigenvalue weighted by atomic mass is 9.92. The number of anilines is 1. The zero-order valence-corrected chi connectivity index (χ0v) is 20.5. The van der Waals surface area contributed by atoms with E-state index in [2.05, 4.69) is 0 Å². The Bertz CT molecular complexity index is 1270. The second-order valence-electron chi connectivity index (χ2n) is 10.4. The van der Waals surface area contributed by atoms with Gasteiger partial charge in [-0.3, -0.25) is 24.1 Å². The van der Waals surface area contributed by atoms with Crippen LogP contribution in [0.5, 0.6) is 0 Å². The van der Waals surface area contributed by atoms with Gasteiger partial charge >= 0.3 is 0 Å². The maximum absolute atomic E-state index is 13.9. The molecule has 2 saturated heterocycles. The average molecular weight is 487 g/mol. The van der Waals surface area contributed by atoms with Gasteiger partial charge in [0.2, 0.25) is 17.7 Å². The maximum Gasteiger partial charge on any atom is 0.258 e. The summed E-state index contributed by atoms with van der Waals surface area (Å²) in [6.45, 7) is 3.44. The summed E-state index contributed by atoms with van der Waals surface area (Å²) in [5, 5.41) is 0. The van der Waals surface area contributed by atoms with E-state index in [0.717, 1.165) is 37.1 Å². The van der Waals surface area contributed by atoms with Crippen LogP contribution in [-0.4, -0.2) is 69.7 Å². The molecular formula is C28H30N4O4. The van der Waals surface area contributed by atoms with Crippen molar-refractivity contribution >= 4 is 29.3 Å². The van der Waals surface area contributed by atoms with E-state index in [-0.39, 0.29) is 30.2 Å². The van der Waals surface area contributed by atoms with Gasteiger partial charge in [0.1, 0.15) is 18.2 Å². The number of amides is 4. The molecule has 4 amide bonds. The van der Waals surface area contributed by atoms with E-state index in [4.69, 9.17) is 0 Å². The molecule has 0 bridgehead atoms. The summed E-state index contributed by atoms with van der Waals surface area (Å²) in [6, 6.07) is 14.4. The maximum atomic E-state index is 13.9. The molecule has 2 unspecified atom stereocenters. The highest BCUT2D eigenvalue weighted by Gasteiger charge is 2.54. The number of hydrogen-bond acceptors (Lipinski definition) is 4. The highest BCUT2D eigenvalue weighted by atomic mass is 16.2. The topological polar surface area (TPSA) is 81.2 Å². The van der Waals surface area contributed by atoms with Gasteiger partial charge in [-0.05, 0) is 49.4 Å². The number of hydrogen-bond donors (Lipinski definition) is 0. The third kappa shape index (κ3) is 3.42. The first-order chi connectivity index (χ1) is 17.4. The fourth-order valence-electron chi connectivity index (χ4n) is 6.32. The summed E-state index contributed by atoms with van der Waals surface area (Å²) in [7, 11) is 0. The summed E-state index contributed by atoms with van der Waals surface area (Å²) in [4.78, 5) is 60.7. The smallest absolute Gasteiger partial charge is 0.258 e. The van der Waals surface area contributed by atoms with Crippen LogP contribution >= 0.6 is 0 Å². The van der Waals surface area contributed by atoms with Crippen molar-refractivity contribution in [3.05, 3.63) is 65.2 Å². The van der Waals surface area contributed by atoms with E-state index >= 15 is 0 Å². The molecule has 4 aliphatic heterocycles. The third-order valence-electron chi connectivity index (χ3n) is 8.31. The number of carbonyl (C=O) groups is 4. The Kier molecular flexibility index (Phi) is 5.35. The van der Waals surface area contributed by atoms with E-state index in [1.807, 2.05) is 42.2 Å². The Hall–Kier alpha value is -3.68. The van der Waals surface area contributed by atoms with Crippen LogP contribution in [0.1, 0.15) is 54.1 Å². The second kappa shape index (κ2) is 8.47. The lowest BCUT2D eigenvalue weighted by molar-refractivity contribution is -0.147. The Labute approximate surface area is 210 Å². The molecule has 2 atom stereocenters. The molecule has 0 saturated carbocycles. The number of benzene rings is 2. The number of nitrogens with zero attached hydrogens (tertiary/aromatic N) is 4. The van der Waals surface area contributed by atoms with Gasteiger partial charge in [-0.2, -0.15) is 0 Å². The molecule has 36 heavy (non-hydrogen) atoms. The highest BCUT2D eigenvalue weighted by molar-refractivity contribution is 6.11. The van der Waals surface area contributed by atoms with Crippen LogP contribution in [0.15, 0.2) is 48.5 Å². The van der Waals surface area contributed by atoms with E-state index in [1.165, 1.54) is 0 Å². The molecule has 0 N–H and O–H groups in total. The number of fused-ring (bicyclic) bond motifs is 4. The van der Waals surface area contributed by atoms with E-state index in [1.54, 1.807) is 32.9 Å². The summed E-state index contributed by atoms with van der Waals surface area (Å²) in [6.07, 6.45) is 3.20. The summed E-state index contributed by atoms with van der Waals surface area (Å²) in [5.74, 6) is -0.596. The van der Waals surface area contributed by atoms with Crippen molar-refractivity contribution in [3.8, 4) is 0 Å². The van der Waals surface area contributed by atoms with Crippen LogP contribution in [0, 0.1) is 0 Å². The average Bonchev–Trinajstić information content (AvgIpc) is 3.54. The monoisotopic (exact) mass is 486 g/mol. The molecule has 8 heteroatoms. The van der Waals surface area contributed by atoms with Gasteiger partial charge < -0.3 is 14.7 Å². The van der Waals surface area contributed by atoms with Crippen LogP contribution in [0.25, 0.3) is 0 Å². The van der Waals surface area contributed by atoms with Crippen molar-refractivity contribution in [2.75, 3.05) is 24.5 Å². The fourth-order valence-corrected chi connectivity index (χ4v) is 6.32. The van der Waals surface area contributed by atoms with Crippen molar-refractivity contribution in [1.29, 1.82) is 0 Å². The van der Waals surface area contributed by atoms with Gasteiger partial charge in [0.25, 0.3) is 5.91 Å². The minimum absolute atomic E-state index is 0.0189. The standard InChI is InChI=1S/C28H30N4O4/c1-28-13-12-24(33)32(28)22-11-5-4-10-21(22)26(35)31(28)18-25(34)30-17-20-9-3-2-8-19(20)16-23(30)27(36)29-14-6-7-15-29/h2-5,8-11,23H,6-7,12-18H2,1H3. The molecule has 2 aromatic rings. The van der Waals surface area contributed by atoms with Gasteiger partial charge in [-0.1, -0.05) is 36.4 Å². The molecule has 0 aliphatic carbocycles. The molecule has 0 aromatic heterocycles. The van der Waals surface area contributed by atoms with E-state index in [9.17, 15) is 19.2 Å². The van der Waals surface area contributed by atoms with Crippen LogP contribution in [0.3, 0.4) is 0 Å². The number of likely N-dealkylation sites (tertiary alicyclic amines) is 1. The SMILES string of the molecule is CC12CCC(=O)N1c1ccccc1C(=O)N2CC(=O)N1Cc2ccccc2CC1C(=O)N1CCCC1. The van der Waals surface area contributed by atoms with Crippen LogP contribution in [0.4, 0.5) is 5.69 Å². The first-order valence-electron chi connectivity index (χ1n) is 12.8. The van der Waals surface area contributed by atoms with E-state index < -0.39 is 11.7 Å². The molecule has 0 radical (unpaired) electrons. The molecule has 6 rings (SSSR count). The van der Waals surface area contributed by atoms with Gasteiger partial charge in [0.15, 0.2) is 0 Å². The first kappa shape index (κ1) is 22.8. The Morgan fingerprint density at radius 2 is 1.67 bits per heavy atom. The Balaban J connectivity index is 1.33. The van der Waals surface area contributed by atoms with Gasteiger partial charge in [-0.25, -0.2) is 0 Å². The van der Waals surface area contributed by atoms with Crippen molar-refractivity contribution in [2.24, 2.45) is 0 Å². The summed E-state index contributed by atoms with van der Waals surface area (Å²) in [5.41, 5.74) is 2.22.